The minimum Gasteiger partial charge on any atom is -0.378 e. The summed E-state index contributed by atoms with van der Waals surface area (Å²) in [5.74, 6) is 5.62. The van der Waals surface area contributed by atoms with E-state index in [1.807, 2.05) is 0 Å². The lowest BCUT2D eigenvalue weighted by Gasteiger charge is -2.14. The smallest absolute Gasteiger partial charge is 0.122 e. The second-order valence-corrected chi connectivity index (χ2v) is 3.37. The van der Waals surface area contributed by atoms with E-state index in [9.17, 15) is 5.11 Å². The molecule has 0 aliphatic rings. The number of hydrogen-bond donors (Lipinski definition) is 1. The highest BCUT2D eigenvalue weighted by atomic mass is 79.9. The quantitative estimate of drug-likeness (QED) is 0.570. The van der Waals surface area contributed by atoms with Gasteiger partial charge in [-0.05, 0) is 19.8 Å². The molecule has 1 N–H and O–H groups in total. The molecule has 0 saturated carbocycles. The molecule has 0 aromatic heterocycles. The van der Waals surface area contributed by atoms with Gasteiger partial charge in [0, 0.05) is 0 Å². The van der Waals surface area contributed by atoms with Crippen LogP contribution in [0.5, 0.6) is 0 Å². The third kappa shape index (κ3) is 6.40. The molecule has 0 heterocycles. The van der Waals surface area contributed by atoms with Gasteiger partial charge in [0.1, 0.15) is 5.60 Å². The largest absolute Gasteiger partial charge is 0.378 e. The number of hydrogen-bond acceptors (Lipinski definition) is 1. The molecule has 64 valence electrons. The lowest BCUT2D eigenvalue weighted by molar-refractivity contribution is 0.109. The zero-order valence-electron chi connectivity index (χ0n) is 7.15. The molecule has 2 heteroatoms. The van der Waals surface area contributed by atoms with Crippen LogP contribution >= 0.6 is 15.9 Å². The molecule has 1 nitrogen and oxygen atoms in total. The molecule has 0 aromatic rings. The van der Waals surface area contributed by atoms with Crippen LogP contribution in [-0.2, 0) is 0 Å². The van der Waals surface area contributed by atoms with Crippen molar-refractivity contribution in [2.75, 3.05) is 5.33 Å². The van der Waals surface area contributed by atoms with E-state index in [1.165, 1.54) is 0 Å². The Morgan fingerprint density at radius 2 is 2.18 bits per heavy atom. The van der Waals surface area contributed by atoms with Crippen LogP contribution in [0.25, 0.3) is 0 Å². The summed E-state index contributed by atoms with van der Waals surface area (Å²) in [7, 11) is 0. The van der Waals surface area contributed by atoms with Gasteiger partial charge < -0.3 is 5.11 Å². The highest BCUT2D eigenvalue weighted by Gasteiger charge is 2.14. The highest BCUT2D eigenvalue weighted by Crippen LogP contribution is 2.11. The number of unbranched alkanes of at least 4 members (excludes halogenated alkanes) is 1. The first-order valence-corrected chi connectivity index (χ1v) is 5.03. The molecule has 1 atom stereocenters. The van der Waals surface area contributed by atoms with Gasteiger partial charge in [0.15, 0.2) is 0 Å². The second-order valence-electron chi connectivity index (χ2n) is 2.81. The van der Waals surface area contributed by atoms with Crippen LogP contribution in [-0.4, -0.2) is 16.0 Å². The number of halogens is 1. The van der Waals surface area contributed by atoms with Gasteiger partial charge in [0.05, 0.1) is 5.33 Å². The van der Waals surface area contributed by atoms with Crippen LogP contribution in [0.15, 0.2) is 0 Å². The summed E-state index contributed by atoms with van der Waals surface area (Å²) in [6.45, 7) is 3.87. The molecule has 0 aliphatic carbocycles. The fraction of sp³-hybridized carbons (Fsp3) is 0.778. The van der Waals surface area contributed by atoms with Crippen LogP contribution in [0, 0.1) is 11.8 Å². The summed E-state index contributed by atoms with van der Waals surface area (Å²) < 4.78 is 0. The molecule has 0 saturated heterocycles. The molecule has 1 unspecified atom stereocenters. The normalized spacial score (nSPS) is 14.9. The number of alkyl halides is 1. The predicted octanol–water partition coefficient (Wildman–Crippen LogP) is 2.33. The molecule has 0 radical (unpaired) electrons. The van der Waals surface area contributed by atoms with Gasteiger partial charge in [0.25, 0.3) is 0 Å². The van der Waals surface area contributed by atoms with Gasteiger partial charge in [-0.15, -0.1) is 0 Å². The molecule has 0 amide bonds. The molecular formula is C9H15BrO. The van der Waals surface area contributed by atoms with Gasteiger partial charge in [-0.3, -0.25) is 0 Å². The number of aliphatic hydroxyl groups is 1. The standard InChI is InChI=1S/C9H15BrO/c1-3-4-6-9(2,11)7-5-8-10/h11H,3-4,6,8H2,1-2H3. The maximum atomic E-state index is 9.58. The van der Waals surface area contributed by atoms with Crippen LogP contribution in [0.3, 0.4) is 0 Å². The van der Waals surface area contributed by atoms with Crippen molar-refractivity contribution < 1.29 is 5.11 Å². The van der Waals surface area contributed by atoms with Gasteiger partial charge in [-0.25, -0.2) is 0 Å². The van der Waals surface area contributed by atoms with E-state index in [2.05, 4.69) is 34.7 Å². The molecule has 11 heavy (non-hydrogen) atoms. The van der Waals surface area contributed by atoms with E-state index >= 15 is 0 Å². The first kappa shape index (κ1) is 11.0. The average Bonchev–Trinajstić information content (AvgIpc) is 1.97. The van der Waals surface area contributed by atoms with E-state index in [0.717, 1.165) is 19.3 Å². The Morgan fingerprint density at radius 3 is 2.64 bits per heavy atom. The Labute approximate surface area is 77.3 Å². The Balaban J connectivity index is 3.79. The van der Waals surface area contributed by atoms with Gasteiger partial charge in [0.2, 0.25) is 0 Å². The van der Waals surface area contributed by atoms with Crippen LogP contribution in [0.2, 0.25) is 0 Å². The minimum atomic E-state index is -0.788. The molecule has 0 rings (SSSR count). The van der Waals surface area contributed by atoms with Crippen molar-refractivity contribution in [2.45, 2.75) is 38.7 Å². The zero-order chi connectivity index (χ0) is 8.74. The molecule has 0 aliphatic heterocycles. The van der Waals surface area contributed by atoms with Crippen LogP contribution in [0.1, 0.15) is 33.1 Å². The average molecular weight is 219 g/mol. The summed E-state index contributed by atoms with van der Waals surface area (Å²) >= 11 is 3.19. The van der Waals surface area contributed by atoms with Crippen LogP contribution < -0.4 is 0 Å². The molecule has 0 fully saturated rings. The fourth-order valence-corrected chi connectivity index (χ4v) is 0.948. The van der Waals surface area contributed by atoms with E-state index in [4.69, 9.17) is 0 Å². The summed E-state index contributed by atoms with van der Waals surface area (Å²) in [5, 5.41) is 10.2. The van der Waals surface area contributed by atoms with E-state index in [0.29, 0.717) is 5.33 Å². The van der Waals surface area contributed by atoms with Gasteiger partial charge >= 0.3 is 0 Å². The van der Waals surface area contributed by atoms with Crippen LogP contribution in [0.4, 0.5) is 0 Å². The third-order valence-electron chi connectivity index (χ3n) is 1.44. The van der Waals surface area contributed by atoms with Crippen molar-refractivity contribution in [1.82, 2.24) is 0 Å². The second kappa shape index (κ2) is 5.62. The first-order chi connectivity index (χ1) is 5.12. The van der Waals surface area contributed by atoms with Crippen molar-refractivity contribution in [3.63, 3.8) is 0 Å². The SMILES string of the molecule is CCCCC(C)(O)C#CCBr. The Hall–Kier alpha value is 0. The maximum absolute atomic E-state index is 9.58. The topological polar surface area (TPSA) is 20.2 Å². The summed E-state index contributed by atoms with van der Waals surface area (Å²) in [5.41, 5.74) is -0.788. The van der Waals surface area contributed by atoms with E-state index in [1.54, 1.807) is 6.92 Å². The summed E-state index contributed by atoms with van der Waals surface area (Å²) in [4.78, 5) is 0. The van der Waals surface area contributed by atoms with Crippen molar-refractivity contribution >= 4 is 15.9 Å². The van der Waals surface area contributed by atoms with Gasteiger partial charge in [-0.2, -0.15) is 0 Å². The molecule has 0 aromatic carbocycles. The van der Waals surface area contributed by atoms with Crippen molar-refractivity contribution in [3.8, 4) is 11.8 Å². The van der Waals surface area contributed by atoms with Crippen molar-refractivity contribution in [3.05, 3.63) is 0 Å². The van der Waals surface area contributed by atoms with Crippen molar-refractivity contribution in [1.29, 1.82) is 0 Å². The lowest BCUT2D eigenvalue weighted by atomic mass is 10.0. The highest BCUT2D eigenvalue weighted by molar-refractivity contribution is 9.09. The van der Waals surface area contributed by atoms with E-state index < -0.39 is 5.60 Å². The molecule has 0 bridgehead atoms. The lowest BCUT2D eigenvalue weighted by Crippen LogP contribution is -2.20. The summed E-state index contributed by atoms with van der Waals surface area (Å²) in [6.07, 6.45) is 2.90. The monoisotopic (exact) mass is 218 g/mol. The van der Waals surface area contributed by atoms with E-state index in [-0.39, 0.29) is 0 Å². The number of rotatable bonds is 3. The van der Waals surface area contributed by atoms with Crippen molar-refractivity contribution in [2.24, 2.45) is 0 Å². The predicted molar refractivity (Wildman–Crippen MR) is 51.7 cm³/mol. The molecular weight excluding hydrogens is 204 g/mol. The Kier molecular flexibility index (Phi) is 5.62. The van der Waals surface area contributed by atoms with Gasteiger partial charge in [-0.1, -0.05) is 41.1 Å². The first-order valence-electron chi connectivity index (χ1n) is 3.91. The minimum absolute atomic E-state index is 0.634. The fourth-order valence-electron chi connectivity index (χ4n) is 0.807. The zero-order valence-corrected chi connectivity index (χ0v) is 8.74. The third-order valence-corrected chi connectivity index (χ3v) is 1.72. The summed E-state index contributed by atoms with van der Waals surface area (Å²) in [6, 6.07) is 0. The Morgan fingerprint density at radius 1 is 1.55 bits per heavy atom. The maximum Gasteiger partial charge on any atom is 0.122 e. The molecule has 0 spiro atoms. The Bertz CT molecular complexity index is 153.